The van der Waals surface area contributed by atoms with Gasteiger partial charge in [0.1, 0.15) is 5.82 Å². The molecule has 0 aliphatic carbocycles. The van der Waals surface area contributed by atoms with Crippen LogP contribution in [-0.2, 0) is 13.0 Å². The predicted octanol–water partition coefficient (Wildman–Crippen LogP) is 1.92. The number of aromatic nitrogens is 2. The molecule has 3 rings (SSSR count). The molecule has 0 radical (unpaired) electrons. The summed E-state index contributed by atoms with van der Waals surface area (Å²) in [6.45, 7) is 7.72. The fraction of sp³-hybridized carbons (Fsp3) is 0.533. The predicted molar refractivity (Wildman–Crippen MR) is 78.2 cm³/mol. The average molecular weight is 258 g/mol. The second kappa shape index (κ2) is 5.72. The van der Waals surface area contributed by atoms with Crippen molar-refractivity contribution in [1.29, 1.82) is 0 Å². The van der Waals surface area contributed by atoms with Gasteiger partial charge < -0.3 is 10.3 Å². The van der Waals surface area contributed by atoms with Gasteiger partial charge in [-0.25, -0.2) is 4.98 Å². The van der Waals surface area contributed by atoms with E-state index in [1.165, 1.54) is 11.1 Å². The van der Waals surface area contributed by atoms with Crippen LogP contribution in [0.25, 0.3) is 11.0 Å². The Bertz CT molecular complexity index is 540. The molecule has 0 saturated carbocycles. The summed E-state index contributed by atoms with van der Waals surface area (Å²) in [5, 5.41) is 3.39. The number of nitrogens with zero attached hydrogens (tertiary/aromatic N) is 2. The third-order valence-electron chi connectivity index (χ3n) is 3.70. The molecular weight excluding hydrogens is 236 g/mol. The number of imidazole rings is 1. The lowest BCUT2D eigenvalue weighted by Crippen LogP contribution is -2.42. The highest BCUT2D eigenvalue weighted by Gasteiger charge is 2.10. The van der Waals surface area contributed by atoms with Crippen molar-refractivity contribution in [2.45, 2.75) is 26.3 Å². The molecule has 0 spiro atoms. The van der Waals surface area contributed by atoms with Crippen molar-refractivity contribution >= 4 is 11.0 Å². The molecule has 2 aromatic rings. The molecule has 4 heteroatoms. The summed E-state index contributed by atoms with van der Waals surface area (Å²) >= 11 is 0. The summed E-state index contributed by atoms with van der Waals surface area (Å²) < 4.78 is 0. The Kier molecular flexibility index (Phi) is 3.80. The molecule has 102 valence electrons. The minimum atomic E-state index is 1.03. The molecule has 1 aromatic heterocycles. The Morgan fingerprint density at radius 3 is 2.89 bits per heavy atom. The smallest absolute Gasteiger partial charge is 0.107 e. The monoisotopic (exact) mass is 258 g/mol. The molecule has 0 bridgehead atoms. The molecule has 0 unspecified atom stereocenters. The molecular formula is C15H22N4. The third kappa shape index (κ3) is 2.96. The van der Waals surface area contributed by atoms with E-state index in [1.807, 2.05) is 0 Å². The summed E-state index contributed by atoms with van der Waals surface area (Å²) in [4.78, 5) is 10.5. The number of aromatic amines is 1. The number of hydrogen-bond acceptors (Lipinski definition) is 3. The maximum Gasteiger partial charge on any atom is 0.107 e. The van der Waals surface area contributed by atoms with E-state index in [2.05, 4.69) is 45.3 Å². The Labute approximate surface area is 114 Å². The Hall–Kier alpha value is -1.39. The Morgan fingerprint density at radius 1 is 1.26 bits per heavy atom. The van der Waals surface area contributed by atoms with Gasteiger partial charge in [0.25, 0.3) is 0 Å². The SMILES string of the molecule is CCCc1nc2ccc(CN3CCNCC3)cc2[nH]1. The van der Waals surface area contributed by atoms with Gasteiger partial charge in [-0.1, -0.05) is 13.0 Å². The zero-order chi connectivity index (χ0) is 13.1. The number of piperazine rings is 1. The Balaban J connectivity index is 1.76. The van der Waals surface area contributed by atoms with E-state index < -0.39 is 0 Å². The molecule has 19 heavy (non-hydrogen) atoms. The van der Waals surface area contributed by atoms with Gasteiger partial charge in [-0.2, -0.15) is 0 Å². The number of benzene rings is 1. The molecule has 1 saturated heterocycles. The van der Waals surface area contributed by atoms with Crippen LogP contribution in [0.4, 0.5) is 0 Å². The van der Waals surface area contributed by atoms with Crippen LogP contribution >= 0.6 is 0 Å². The van der Waals surface area contributed by atoms with Crippen molar-refractivity contribution in [1.82, 2.24) is 20.2 Å². The van der Waals surface area contributed by atoms with E-state index in [-0.39, 0.29) is 0 Å². The van der Waals surface area contributed by atoms with Gasteiger partial charge in [-0.15, -0.1) is 0 Å². The normalized spacial score (nSPS) is 17.1. The maximum absolute atomic E-state index is 4.61. The quantitative estimate of drug-likeness (QED) is 0.880. The zero-order valence-electron chi connectivity index (χ0n) is 11.6. The van der Waals surface area contributed by atoms with Gasteiger partial charge in [-0.05, 0) is 24.1 Å². The van der Waals surface area contributed by atoms with Crippen molar-refractivity contribution in [2.75, 3.05) is 26.2 Å². The summed E-state index contributed by atoms with van der Waals surface area (Å²) in [5.74, 6) is 1.11. The molecule has 1 aliphatic rings. The Morgan fingerprint density at radius 2 is 2.11 bits per heavy atom. The summed E-state index contributed by atoms with van der Waals surface area (Å²) in [6, 6.07) is 6.60. The summed E-state index contributed by atoms with van der Waals surface area (Å²) in [6.07, 6.45) is 2.16. The first-order valence-corrected chi connectivity index (χ1v) is 7.26. The standard InChI is InChI=1S/C15H22N4/c1-2-3-15-17-13-5-4-12(10-14(13)18-15)11-19-8-6-16-7-9-19/h4-5,10,16H,2-3,6-9,11H2,1H3,(H,17,18). The fourth-order valence-electron chi connectivity index (χ4n) is 2.69. The molecule has 1 fully saturated rings. The van der Waals surface area contributed by atoms with Crippen LogP contribution in [0.5, 0.6) is 0 Å². The van der Waals surface area contributed by atoms with E-state index >= 15 is 0 Å². The minimum absolute atomic E-state index is 1.03. The first kappa shape index (κ1) is 12.6. The second-order valence-electron chi connectivity index (χ2n) is 5.31. The van der Waals surface area contributed by atoms with Crippen LogP contribution in [0.15, 0.2) is 18.2 Å². The van der Waals surface area contributed by atoms with Crippen molar-refractivity contribution in [3.8, 4) is 0 Å². The van der Waals surface area contributed by atoms with Gasteiger partial charge in [0.15, 0.2) is 0 Å². The number of fused-ring (bicyclic) bond motifs is 1. The largest absolute Gasteiger partial charge is 0.342 e. The van der Waals surface area contributed by atoms with E-state index in [1.54, 1.807) is 0 Å². The van der Waals surface area contributed by atoms with Gasteiger partial charge >= 0.3 is 0 Å². The highest BCUT2D eigenvalue weighted by Crippen LogP contribution is 2.16. The van der Waals surface area contributed by atoms with E-state index in [9.17, 15) is 0 Å². The lowest BCUT2D eigenvalue weighted by atomic mass is 10.2. The molecule has 2 heterocycles. The zero-order valence-corrected chi connectivity index (χ0v) is 11.6. The van der Waals surface area contributed by atoms with Gasteiger partial charge in [-0.3, -0.25) is 4.90 Å². The van der Waals surface area contributed by atoms with Crippen molar-refractivity contribution in [3.63, 3.8) is 0 Å². The lowest BCUT2D eigenvalue weighted by molar-refractivity contribution is 0.233. The first-order chi connectivity index (χ1) is 9.35. The van der Waals surface area contributed by atoms with Crippen LogP contribution in [0.2, 0.25) is 0 Å². The van der Waals surface area contributed by atoms with E-state index in [0.717, 1.165) is 56.9 Å². The molecule has 0 atom stereocenters. The average Bonchev–Trinajstić information content (AvgIpc) is 2.82. The van der Waals surface area contributed by atoms with Crippen LogP contribution in [0.3, 0.4) is 0 Å². The maximum atomic E-state index is 4.61. The number of rotatable bonds is 4. The number of hydrogen-bond donors (Lipinski definition) is 2. The van der Waals surface area contributed by atoms with E-state index in [4.69, 9.17) is 0 Å². The topological polar surface area (TPSA) is 44.0 Å². The number of aryl methyl sites for hydroxylation is 1. The van der Waals surface area contributed by atoms with Gasteiger partial charge in [0, 0.05) is 39.1 Å². The number of nitrogens with one attached hydrogen (secondary N) is 2. The lowest BCUT2D eigenvalue weighted by Gasteiger charge is -2.27. The highest BCUT2D eigenvalue weighted by atomic mass is 15.2. The van der Waals surface area contributed by atoms with Crippen molar-refractivity contribution in [2.24, 2.45) is 0 Å². The second-order valence-corrected chi connectivity index (χ2v) is 5.31. The van der Waals surface area contributed by atoms with Crippen LogP contribution in [-0.4, -0.2) is 41.0 Å². The third-order valence-corrected chi connectivity index (χ3v) is 3.70. The molecule has 2 N–H and O–H groups in total. The fourth-order valence-corrected chi connectivity index (χ4v) is 2.69. The number of H-pyrrole nitrogens is 1. The van der Waals surface area contributed by atoms with Gasteiger partial charge in [0.05, 0.1) is 11.0 Å². The minimum Gasteiger partial charge on any atom is -0.342 e. The molecule has 1 aliphatic heterocycles. The first-order valence-electron chi connectivity index (χ1n) is 7.26. The summed E-state index contributed by atoms with van der Waals surface area (Å²) in [7, 11) is 0. The van der Waals surface area contributed by atoms with Crippen molar-refractivity contribution in [3.05, 3.63) is 29.6 Å². The molecule has 4 nitrogen and oxygen atoms in total. The highest BCUT2D eigenvalue weighted by molar-refractivity contribution is 5.75. The van der Waals surface area contributed by atoms with E-state index in [0.29, 0.717) is 0 Å². The molecule has 1 aromatic carbocycles. The van der Waals surface area contributed by atoms with Crippen LogP contribution < -0.4 is 5.32 Å². The van der Waals surface area contributed by atoms with Crippen LogP contribution in [0.1, 0.15) is 24.7 Å². The summed E-state index contributed by atoms with van der Waals surface area (Å²) in [5.41, 5.74) is 3.64. The van der Waals surface area contributed by atoms with Crippen molar-refractivity contribution < 1.29 is 0 Å². The molecule has 0 amide bonds. The van der Waals surface area contributed by atoms with Gasteiger partial charge in [0.2, 0.25) is 0 Å². The van der Waals surface area contributed by atoms with Crippen LogP contribution in [0, 0.1) is 0 Å².